The molecular weight excluding hydrogens is 513 g/mol. The van der Waals surface area contributed by atoms with Crippen LogP contribution in [-0.4, -0.2) is 11.9 Å². The van der Waals surface area contributed by atoms with Crippen LogP contribution in [0.1, 0.15) is 40.2 Å². The third kappa shape index (κ3) is 3.52. The number of amides is 1. The molecule has 1 amide bonds. The highest BCUT2D eigenvalue weighted by Crippen LogP contribution is 2.60. The lowest BCUT2D eigenvalue weighted by Crippen LogP contribution is -2.54. The minimum Gasteiger partial charge on any atom is -0.443 e. The molecule has 1 saturated heterocycles. The van der Waals surface area contributed by atoms with Gasteiger partial charge in [0.1, 0.15) is 11.4 Å². The van der Waals surface area contributed by atoms with Gasteiger partial charge >= 0.3 is 5.97 Å². The zero-order valence-electron chi connectivity index (χ0n) is 22.1. The fourth-order valence-electron chi connectivity index (χ4n) is 6.75. The first kappa shape index (κ1) is 25.0. The molecular formula is C36H26FNO3. The van der Waals surface area contributed by atoms with Gasteiger partial charge in [-0.05, 0) is 28.3 Å². The van der Waals surface area contributed by atoms with Gasteiger partial charge in [0.25, 0.3) is 5.91 Å². The Morgan fingerprint density at radius 1 is 0.659 bits per heavy atom. The highest BCUT2D eigenvalue weighted by atomic mass is 19.1. The lowest BCUT2D eigenvalue weighted by Gasteiger charge is -2.44. The number of hydrogen-bond acceptors (Lipinski definition) is 3. The Morgan fingerprint density at radius 2 is 1.15 bits per heavy atom. The van der Waals surface area contributed by atoms with Crippen LogP contribution < -0.4 is 4.90 Å². The molecule has 1 fully saturated rings. The SMILES string of the molecule is O=C1C[C@@H](c2ccccc2)[C@]2(O1)C(=O)N(C(c1ccccc1)(c1ccccc1)c1ccccc1)c1c(F)cccc12. The summed E-state index contributed by atoms with van der Waals surface area (Å²) in [5, 5.41) is 0. The molecule has 2 aliphatic heterocycles. The number of carbonyl (C=O) groups is 2. The van der Waals surface area contributed by atoms with Crippen LogP contribution in [-0.2, 0) is 25.5 Å². The van der Waals surface area contributed by atoms with Gasteiger partial charge in [-0.15, -0.1) is 0 Å². The number of carbonyl (C=O) groups excluding carboxylic acids is 2. The second-order valence-electron chi connectivity index (χ2n) is 10.5. The summed E-state index contributed by atoms with van der Waals surface area (Å²) in [5.41, 5.74) is 0.581. The van der Waals surface area contributed by atoms with Crippen molar-refractivity contribution < 1.29 is 18.7 Å². The summed E-state index contributed by atoms with van der Waals surface area (Å²) in [6.07, 6.45) is 0.00849. The van der Waals surface area contributed by atoms with Crippen molar-refractivity contribution in [3.63, 3.8) is 0 Å². The summed E-state index contributed by atoms with van der Waals surface area (Å²) in [6, 6.07) is 43.0. The smallest absolute Gasteiger partial charge is 0.308 e. The first-order chi connectivity index (χ1) is 20.1. The number of para-hydroxylation sites is 1. The van der Waals surface area contributed by atoms with Gasteiger partial charge in [-0.3, -0.25) is 14.5 Å². The second-order valence-corrected chi connectivity index (χ2v) is 10.5. The first-order valence-electron chi connectivity index (χ1n) is 13.7. The molecule has 0 N–H and O–H groups in total. The Morgan fingerprint density at radius 3 is 1.66 bits per heavy atom. The number of esters is 1. The van der Waals surface area contributed by atoms with Crippen LogP contribution >= 0.6 is 0 Å². The number of nitrogens with zero attached hydrogens (tertiary/aromatic N) is 1. The van der Waals surface area contributed by atoms with Gasteiger partial charge in [0.05, 0.1) is 12.1 Å². The average Bonchev–Trinajstić information content (AvgIpc) is 3.51. The summed E-state index contributed by atoms with van der Waals surface area (Å²) in [7, 11) is 0. The summed E-state index contributed by atoms with van der Waals surface area (Å²) in [5.74, 6) is -2.16. The zero-order valence-corrected chi connectivity index (χ0v) is 22.1. The number of ether oxygens (including phenoxy) is 1. The van der Waals surface area contributed by atoms with E-state index in [9.17, 15) is 4.79 Å². The molecule has 0 saturated carbocycles. The van der Waals surface area contributed by atoms with E-state index in [1.807, 2.05) is 121 Å². The highest BCUT2D eigenvalue weighted by Gasteiger charge is 2.67. The first-order valence-corrected chi connectivity index (χ1v) is 13.7. The van der Waals surface area contributed by atoms with Crippen LogP contribution in [0.2, 0.25) is 0 Å². The fourth-order valence-corrected chi connectivity index (χ4v) is 6.75. The van der Waals surface area contributed by atoms with E-state index in [1.165, 1.54) is 6.07 Å². The predicted molar refractivity (Wildman–Crippen MR) is 155 cm³/mol. The van der Waals surface area contributed by atoms with Gasteiger partial charge < -0.3 is 4.74 Å². The van der Waals surface area contributed by atoms with Gasteiger partial charge in [0.2, 0.25) is 5.60 Å². The van der Waals surface area contributed by atoms with Crippen molar-refractivity contribution in [3.05, 3.63) is 173 Å². The topological polar surface area (TPSA) is 46.6 Å². The van der Waals surface area contributed by atoms with Crippen LogP contribution in [0.15, 0.2) is 140 Å². The van der Waals surface area contributed by atoms with Crippen LogP contribution in [0.25, 0.3) is 0 Å². The van der Waals surface area contributed by atoms with Gasteiger partial charge in [0, 0.05) is 11.5 Å². The number of benzene rings is 5. The molecule has 1 spiro atoms. The van der Waals surface area contributed by atoms with E-state index in [0.717, 1.165) is 22.3 Å². The van der Waals surface area contributed by atoms with Crippen molar-refractivity contribution in [2.45, 2.75) is 23.5 Å². The van der Waals surface area contributed by atoms with E-state index in [2.05, 4.69) is 0 Å². The van der Waals surface area contributed by atoms with Gasteiger partial charge in [-0.1, -0.05) is 133 Å². The van der Waals surface area contributed by atoms with Gasteiger partial charge in [-0.2, -0.15) is 0 Å². The quantitative estimate of drug-likeness (QED) is 0.177. The molecule has 2 aliphatic rings. The van der Waals surface area contributed by atoms with Gasteiger partial charge in [-0.25, -0.2) is 4.39 Å². The Balaban J connectivity index is 1.60. The second kappa shape index (κ2) is 9.56. The monoisotopic (exact) mass is 539 g/mol. The van der Waals surface area contributed by atoms with Crippen molar-refractivity contribution in [3.8, 4) is 0 Å². The number of rotatable bonds is 5. The van der Waals surface area contributed by atoms with Crippen molar-refractivity contribution in [1.29, 1.82) is 0 Å². The normalized spacial score (nSPS) is 19.8. The molecule has 5 heteroatoms. The molecule has 0 aliphatic carbocycles. The number of halogens is 1. The summed E-state index contributed by atoms with van der Waals surface area (Å²) >= 11 is 0. The Labute approximate surface area is 237 Å². The van der Waals surface area contributed by atoms with Crippen molar-refractivity contribution in [2.75, 3.05) is 4.90 Å². The molecule has 0 aromatic heterocycles. The molecule has 41 heavy (non-hydrogen) atoms. The van der Waals surface area contributed by atoms with E-state index >= 15 is 9.18 Å². The lowest BCUT2D eigenvalue weighted by atomic mass is 9.74. The molecule has 5 aromatic carbocycles. The molecule has 200 valence electrons. The summed E-state index contributed by atoms with van der Waals surface area (Å²) in [4.78, 5) is 30.0. The maximum absolute atomic E-state index is 16.3. The van der Waals surface area contributed by atoms with Crippen LogP contribution in [0.5, 0.6) is 0 Å². The number of hydrogen-bond donors (Lipinski definition) is 0. The predicted octanol–water partition coefficient (Wildman–Crippen LogP) is 7.09. The third-order valence-electron chi connectivity index (χ3n) is 8.38. The molecule has 0 bridgehead atoms. The molecule has 5 aromatic rings. The van der Waals surface area contributed by atoms with Crippen LogP contribution in [0.3, 0.4) is 0 Å². The molecule has 0 unspecified atom stereocenters. The molecule has 2 heterocycles. The summed E-state index contributed by atoms with van der Waals surface area (Å²) in [6.45, 7) is 0. The van der Waals surface area contributed by atoms with Gasteiger partial charge in [0.15, 0.2) is 0 Å². The number of fused-ring (bicyclic) bond motifs is 2. The summed E-state index contributed by atoms with van der Waals surface area (Å²) < 4.78 is 22.4. The molecule has 2 atom stereocenters. The largest absolute Gasteiger partial charge is 0.443 e. The standard InChI is InChI=1S/C36H26FNO3/c37-31-23-13-22-29-33(31)38(34(40)36(29)30(24-32(39)41-36)25-14-5-1-6-15-25)35(26-16-7-2-8-17-26,27-18-9-3-10-19-27)28-20-11-4-12-21-28/h1-23,30H,24H2/t30-,36-/m0/s1. The minimum atomic E-state index is -1.72. The minimum absolute atomic E-state index is 0.00849. The van der Waals surface area contributed by atoms with E-state index in [-0.39, 0.29) is 12.1 Å². The van der Waals surface area contributed by atoms with Crippen molar-refractivity contribution in [1.82, 2.24) is 0 Å². The average molecular weight is 540 g/mol. The van der Waals surface area contributed by atoms with Crippen LogP contribution in [0, 0.1) is 5.82 Å². The Kier molecular flexibility index (Phi) is 5.82. The third-order valence-corrected chi connectivity index (χ3v) is 8.38. The zero-order chi connectivity index (χ0) is 28.0. The van der Waals surface area contributed by atoms with Crippen molar-refractivity contribution in [2.24, 2.45) is 0 Å². The van der Waals surface area contributed by atoms with Crippen LogP contribution in [0.4, 0.5) is 10.1 Å². The highest BCUT2D eigenvalue weighted by molar-refractivity contribution is 6.12. The van der Waals surface area contributed by atoms with E-state index in [1.54, 1.807) is 17.0 Å². The van der Waals surface area contributed by atoms with Crippen molar-refractivity contribution >= 4 is 17.6 Å². The Bertz CT molecular complexity index is 1650. The van der Waals surface area contributed by atoms with E-state index < -0.39 is 34.8 Å². The maximum Gasteiger partial charge on any atom is 0.308 e. The fraction of sp³-hybridized carbons (Fsp3) is 0.111. The molecule has 7 rings (SSSR count). The number of anilines is 1. The Hall–Kier alpha value is -5.03. The van der Waals surface area contributed by atoms with E-state index in [0.29, 0.717) is 5.56 Å². The maximum atomic E-state index is 16.3. The molecule has 0 radical (unpaired) electrons. The van der Waals surface area contributed by atoms with E-state index in [4.69, 9.17) is 4.74 Å². The lowest BCUT2D eigenvalue weighted by molar-refractivity contribution is -0.158. The molecule has 4 nitrogen and oxygen atoms in total.